The van der Waals surface area contributed by atoms with E-state index in [1.165, 1.54) is 0 Å². The van der Waals surface area contributed by atoms with E-state index in [4.69, 9.17) is 5.73 Å². The first-order chi connectivity index (χ1) is 9.16. The Bertz CT molecular complexity index is 478. The monoisotopic (exact) mass is 315 g/mol. The van der Waals surface area contributed by atoms with Gasteiger partial charge in [0.25, 0.3) is 5.91 Å². The molecule has 20 heavy (non-hydrogen) atoms. The van der Waals surface area contributed by atoms with Gasteiger partial charge in [-0.3, -0.25) is 9.59 Å². The van der Waals surface area contributed by atoms with Crippen molar-refractivity contribution in [2.45, 2.75) is 12.5 Å². The number of rotatable bonds is 4. The number of carbonyl (C=O) groups is 2. The van der Waals surface area contributed by atoms with Gasteiger partial charge in [0.05, 0.1) is 11.3 Å². The zero-order chi connectivity index (χ0) is 13.7. The molecule has 0 aliphatic carbocycles. The van der Waals surface area contributed by atoms with E-state index in [1.54, 1.807) is 24.3 Å². The van der Waals surface area contributed by atoms with Crippen LogP contribution >= 0.6 is 24.2 Å². The van der Waals surface area contributed by atoms with Gasteiger partial charge in [-0.25, -0.2) is 0 Å². The summed E-state index contributed by atoms with van der Waals surface area (Å²) in [6.45, 7) is 0.931. The second kappa shape index (κ2) is 8.14. The molecule has 1 aliphatic heterocycles. The molecule has 0 radical (unpaired) electrons. The number of benzene rings is 1. The summed E-state index contributed by atoms with van der Waals surface area (Å²) in [5.74, 6) is 1.38. The van der Waals surface area contributed by atoms with Gasteiger partial charge in [0, 0.05) is 30.5 Å². The smallest absolute Gasteiger partial charge is 0.250 e. The molecule has 1 aromatic carbocycles. The van der Waals surface area contributed by atoms with Gasteiger partial charge in [0.2, 0.25) is 5.91 Å². The molecule has 1 heterocycles. The Kier molecular flexibility index (Phi) is 6.84. The van der Waals surface area contributed by atoms with E-state index in [2.05, 4.69) is 10.6 Å². The molecule has 0 aromatic heterocycles. The van der Waals surface area contributed by atoms with Crippen LogP contribution in [0.3, 0.4) is 0 Å². The third-order valence-corrected chi connectivity index (χ3v) is 4.03. The maximum atomic E-state index is 11.9. The summed E-state index contributed by atoms with van der Waals surface area (Å²) < 4.78 is 0. The Morgan fingerprint density at radius 3 is 2.80 bits per heavy atom. The highest BCUT2D eigenvalue weighted by Gasteiger charge is 2.17. The number of carbonyl (C=O) groups excluding carboxylic acids is 2. The van der Waals surface area contributed by atoms with Gasteiger partial charge in [-0.15, -0.1) is 12.4 Å². The predicted molar refractivity (Wildman–Crippen MR) is 84.6 cm³/mol. The summed E-state index contributed by atoms with van der Waals surface area (Å²) in [4.78, 5) is 23.2. The fourth-order valence-electron chi connectivity index (χ4n) is 1.98. The molecular formula is C13H18ClN3O2S. The Morgan fingerprint density at radius 2 is 2.15 bits per heavy atom. The van der Waals surface area contributed by atoms with Crippen LogP contribution in [0.25, 0.3) is 0 Å². The first kappa shape index (κ1) is 16.8. The second-order valence-electron chi connectivity index (χ2n) is 4.39. The van der Waals surface area contributed by atoms with Crippen LogP contribution in [0.1, 0.15) is 16.8 Å². The summed E-state index contributed by atoms with van der Waals surface area (Å²) in [7, 11) is 0. The van der Waals surface area contributed by atoms with Crippen LogP contribution in [0, 0.1) is 0 Å². The molecule has 0 bridgehead atoms. The molecule has 1 aliphatic rings. The van der Waals surface area contributed by atoms with Crippen LogP contribution in [0.5, 0.6) is 0 Å². The molecule has 7 heteroatoms. The Labute approximate surface area is 128 Å². The van der Waals surface area contributed by atoms with Gasteiger partial charge >= 0.3 is 0 Å². The van der Waals surface area contributed by atoms with Crippen molar-refractivity contribution in [1.82, 2.24) is 5.32 Å². The lowest BCUT2D eigenvalue weighted by atomic mass is 10.1. The molecule has 1 aromatic rings. The maximum absolute atomic E-state index is 11.9. The van der Waals surface area contributed by atoms with Crippen LogP contribution in [-0.4, -0.2) is 35.9 Å². The van der Waals surface area contributed by atoms with Crippen LogP contribution < -0.4 is 16.4 Å². The number of thioether (sulfide) groups is 1. The molecule has 110 valence electrons. The number of nitrogens with two attached hydrogens (primary N) is 1. The van der Waals surface area contributed by atoms with Crippen molar-refractivity contribution in [3.05, 3.63) is 29.8 Å². The summed E-state index contributed by atoms with van der Waals surface area (Å²) in [5, 5.41) is 6.05. The van der Waals surface area contributed by atoms with E-state index >= 15 is 0 Å². The van der Waals surface area contributed by atoms with Crippen molar-refractivity contribution in [3.63, 3.8) is 0 Å². The highest BCUT2D eigenvalue weighted by atomic mass is 35.5. The molecular weight excluding hydrogens is 298 g/mol. The molecule has 1 atom stereocenters. The van der Waals surface area contributed by atoms with Gasteiger partial charge in [0.15, 0.2) is 0 Å². The maximum Gasteiger partial charge on any atom is 0.250 e. The van der Waals surface area contributed by atoms with Gasteiger partial charge in [-0.05, 0) is 12.1 Å². The second-order valence-corrected chi connectivity index (χ2v) is 5.54. The average molecular weight is 316 g/mol. The molecule has 1 fully saturated rings. The van der Waals surface area contributed by atoms with Crippen molar-refractivity contribution < 1.29 is 9.59 Å². The Hall–Kier alpha value is -1.24. The van der Waals surface area contributed by atoms with Crippen molar-refractivity contribution >= 4 is 41.7 Å². The number of halogens is 1. The fraction of sp³-hybridized carbons (Fsp3) is 0.385. The molecule has 2 rings (SSSR count). The first-order valence-corrected chi connectivity index (χ1v) is 7.32. The number of anilines is 1. The molecule has 4 N–H and O–H groups in total. The van der Waals surface area contributed by atoms with Crippen molar-refractivity contribution in [1.29, 1.82) is 0 Å². The summed E-state index contributed by atoms with van der Waals surface area (Å²) in [6, 6.07) is 6.96. The van der Waals surface area contributed by atoms with Crippen molar-refractivity contribution in [3.8, 4) is 0 Å². The molecule has 2 amide bonds. The van der Waals surface area contributed by atoms with E-state index in [0.717, 1.165) is 18.1 Å². The third-order valence-electron chi connectivity index (χ3n) is 2.90. The normalized spacial score (nSPS) is 17.9. The zero-order valence-corrected chi connectivity index (χ0v) is 12.6. The van der Waals surface area contributed by atoms with E-state index < -0.39 is 5.91 Å². The first-order valence-electron chi connectivity index (χ1n) is 6.16. The number of hydrogen-bond acceptors (Lipinski definition) is 4. The standard InChI is InChI=1S/C13H17N3O2S.ClH/c14-13(18)10-3-1-2-4-11(10)16-12(17)7-9-8-19-6-5-15-9;/h1-4,9,15H,5-8H2,(H2,14,18)(H,16,17);1H. The zero-order valence-electron chi connectivity index (χ0n) is 10.9. The van der Waals surface area contributed by atoms with Crippen LogP contribution in [-0.2, 0) is 4.79 Å². The van der Waals surface area contributed by atoms with Crippen LogP contribution in [0.4, 0.5) is 5.69 Å². The number of nitrogens with one attached hydrogen (secondary N) is 2. The Morgan fingerprint density at radius 1 is 1.40 bits per heavy atom. The van der Waals surface area contributed by atoms with Gasteiger partial charge in [-0.1, -0.05) is 12.1 Å². The summed E-state index contributed by atoms with van der Waals surface area (Å²) in [6.07, 6.45) is 0.403. The molecule has 0 saturated carbocycles. The van der Waals surface area contributed by atoms with Gasteiger partial charge < -0.3 is 16.4 Å². The number of amides is 2. The molecule has 1 saturated heterocycles. The van der Waals surface area contributed by atoms with E-state index in [9.17, 15) is 9.59 Å². The molecule has 0 spiro atoms. The lowest BCUT2D eigenvalue weighted by Crippen LogP contribution is -2.40. The third kappa shape index (κ3) is 4.70. The predicted octanol–water partition coefficient (Wildman–Crippen LogP) is 1.24. The summed E-state index contributed by atoms with van der Waals surface area (Å²) >= 11 is 1.84. The minimum atomic E-state index is -0.540. The molecule has 1 unspecified atom stereocenters. The highest BCUT2D eigenvalue weighted by molar-refractivity contribution is 7.99. The SMILES string of the molecule is Cl.NC(=O)c1ccccc1NC(=O)CC1CSCCN1. The van der Waals surface area contributed by atoms with Crippen molar-refractivity contribution in [2.24, 2.45) is 5.73 Å². The average Bonchev–Trinajstić information content (AvgIpc) is 2.40. The fourth-order valence-corrected chi connectivity index (χ4v) is 2.93. The van der Waals surface area contributed by atoms with E-state index in [1.807, 2.05) is 11.8 Å². The summed E-state index contributed by atoms with van der Waals surface area (Å²) in [5.41, 5.74) is 6.08. The number of primary amides is 1. The van der Waals surface area contributed by atoms with E-state index in [0.29, 0.717) is 17.7 Å². The van der Waals surface area contributed by atoms with Crippen molar-refractivity contribution in [2.75, 3.05) is 23.4 Å². The topological polar surface area (TPSA) is 84.2 Å². The van der Waals surface area contributed by atoms with Gasteiger partial charge in [-0.2, -0.15) is 11.8 Å². The Balaban J connectivity index is 0.00000200. The van der Waals surface area contributed by atoms with Crippen LogP contribution in [0.2, 0.25) is 0 Å². The van der Waals surface area contributed by atoms with E-state index in [-0.39, 0.29) is 24.4 Å². The lowest BCUT2D eigenvalue weighted by molar-refractivity contribution is -0.116. The lowest BCUT2D eigenvalue weighted by Gasteiger charge is -2.22. The minimum absolute atomic E-state index is 0. The molecule has 5 nitrogen and oxygen atoms in total. The van der Waals surface area contributed by atoms with Gasteiger partial charge in [0.1, 0.15) is 0 Å². The largest absolute Gasteiger partial charge is 0.366 e. The quantitative estimate of drug-likeness (QED) is 0.780. The minimum Gasteiger partial charge on any atom is -0.366 e. The number of para-hydroxylation sites is 1. The van der Waals surface area contributed by atoms with Crippen LogP contribution in [0.15, 0.2) is 24.3 Å². The number of hydrogen-bond donors (Lipinski definition) is 3. The highest BCUT2D eigenvalue weighted by Crippen LogP contribution is 2.16.